The summed E-state index contributed by atoms with van der Waals surface area (Å²) < 4.78 is 11.2. The second-order valence-electron chi connectivity index (χ2n) is 4.55. The van der Waals surface area contributed by atoms with E-state index in [1.807, 2.05) is 31.2 Å². The smallest absolute Gasteiger partial charge is 0.167 e. The number of para-hydroxylation sites is 1. The van der Waals surface area contributed by atoms with Crippen molar-refractivity contribution in [2.75, 3.05) is 25.6 Å². The highest BCUT2D eigenvalue weighted by atomic mass is 16.7. The third kappa shape index (κ3) is 2.29. The Balaban J connectivity index is 2.36. The van der Waals surface area contributed by atoms with Crippen LogP contribution in [0.4, 0.5) is 5.69 Å². The van der Waals surface area contributed by atoms with Crippen molar-refractivity contribution >= 4 is 5.69 Å². The molecule has 0 saturated carbocycles. The molecule has 0 aromatic heterocycles. The van der Waals surface area contributed by atoms with E-state index in [4.69, 9.17) is 15.2 Å². The van der Waals surface area contributed by atoms with Crippen LogP contribution in [0.15, 0.2) is 24.3 Å². The van der Waals surface area contributed by atoms with Crippen molar-refractivity contribution in [2.45, 2.75) is 25.0 Å². The van der Waals surface area contributed by atoms with E-state index in [9.17, 15) is 5.11 Å². The largest absolute Gasteiger partial charge is 0.398 e. The van der Waals surface area contributed by atoms with Crippen LogP contribution in [-0.4, -0.2) is 31.2 Å². The molecule has 1 fully saturated rings. The molecular formula is C13H19NO3. The number of anilines is 1. The summed E-state index contributed by atoms with van der Waals surface area (Å²) in [6.45, 7) is 3.29. The van der Waals surface area contributed by atoms with Gasteiger partial charge in [0.2, 0.25) is 0 Å². The number of hydrogen-bond donors (Lipinski definition) is 2. The van der Waals surface area contributed by atoms with Crippen LogP contribution < -0.4 is 5.73 Å². The van der Waals surface area contributed by atoms with Crippen LogP contribution >= 0.6 is 0 Å². The van der Waals surface area contributed by atoms with Gasteiger partial charge in [0.1, 0.15) is 0 Å². The Morgan fingerprint density at radius 2 is 2.00 bits per heavy atom. The van der Waals surface area contributed by atoms with Crippen LogP contribution in [0, 0.1) is 0 Å². The highest BCUT2D eigenvalue weighted by molar-refractivity contribution is 5.51. The van der Waals surface area contributed by atoms with Gasteiger partial charge < -0.3 is 20.3 Å². The number of hydrogen-bond acceptors (Lipinski definition) is 4. The fraction of sp³-hybridized carbons (Fsp3) is 0.538. The lowest BCUT2D eigenvalue weighted by Crippen LogP contribution is -2.39. The van der Waals surface area contributed by atoms with E-state index in [1.54, 1.807) is 0 Å². The number of benzene rings is 1. The Kier molecular flexibility index (Phi) is 3.66. The lowest BCUT2D eigenvalue weighted by atomic mass is 9.78. The van der Waals surface area contributed by atoms with Crippen molar-refractivity contribution < 1.29 is 14.6 Å². The van der Waals surface area contributed by atoms with E-state index < -0.39 is 5.41 Å². The molecule has 1 aliphatic heterocycles. The molecule has 0 amide bonds. The molecule has 1 aromatic carbocycles. The summed E-state index contributed by atoms with van der Waals surface area (Å²) in [7, 11) is 0. The van der Waals surface area contributed by atoms with Gasteiger partial charge in [-0.15, -0.1) is 0 Å². The van der Waals surface area contributed by atoms with Crippen molar-refractivity contribution in [3.63, 3.8) is 0 Å². The molecule has 4 heteroatoms. The van der Waals surface area contributed by atoms with E-state index >= 15 is 0 Å². The van der Waals surface area contributed by atoms with E-state index in [1.165, 1.54) is 0 Å². The molecule has 3 N–H and O–H groups in total. The molecule has 0 aliphatic carbocycles. The van der Waals surface area contributed by atoms with Gasteiger partial charge >= 0.3 is 0 Å². The topological polar surface area (TPSA) is 64.7 Å². The molecule has 1 aromatic rings. The second kappa shape index (κ2) is 5.04. The van der Waals surface area contributed by atoms with Gasteiger partial charge in [0, 0.05) is 17.7 Å². The average Bonchev–Trinajstić information content (AvgIpc) is 2.83. The van der Waals surface area contributed by atoms with Gasteiger partial charge in [-0.2, -0.15) is 0 Å². The number of aliphatic hydroxyl groups is 1. The summed E-state index contributed by atoms with van der Waals surface area (Å²) in [6.07, 6.45) is 0.227. The summed E-state index contributed by atoms with van der Waals surface area (Å²) >= 11 is 0. The van der Waals surface area contributed by atoms with Crippen LogP contribution in [0.3, 0.4) is 0 Å². The van der Waals surface area contributed by atoms with Crippen molar-refractivity contribution in [1.82, 2.24) is 0 Å². The highest BCUT2D eigenvalue weighted by Gasteiger charge is 2.40. The van der Waals surface area contributed by atoms with Gasteiger partial charge in [-0.25, -0.2) is 0 Å². The number of ether oxygens (including phenoxy) is 2. The lowest BCUT2D eigenvalue weighted by molar-refractivity contribution is -0.0993. The average molecular weight is 237 g/mol. The van der Waals surface area contributed by atoms with Crippen molar-refractivity contribution in [3.8, 4) is 0 Å². The molecule has 1 unspecified atom stereocenters. The van der Waals surface area contributed by atoms with Crippen LogP contribution in [0.1, 0.15) is 18.9 Å². The van der Waals surface area contributed by atoms with E-state index in [0.717, 1.165) is 5.56 Å². The normalized spacial score (nSPS) is 20.4. The molecule has 1 heterocycles. The SMILES string of the molecule is CC(CCO)(c1ccccc1N)C1OCCO1. The monoisotopic (exact) mass is 237 g/mol. The number of aliphatic hydroxyl groups excluding tert-OH is 1. The summed E-state index contributed by atoms with van der Waals surface area (Å²) in [5.74, 6) is 0. The molecule has 94 valence electrons. The Hall–Kier alpha value is -1.10. The molecule has 0 spiro atoms. The zero-order valence-corrected chi connectivity index (χ0v) is 10.1. The maximum Gasteiger partial charge on any atom is 0.167 e. The van der Waals surface area contributed by atoms with Crippen LogP contribution in [0.5, 0.6) is 0 Å². The molecule has 2 rings (SSSR count). The predicted octanol–water partition coefficient (Wildman–Crippen LogP) is 1.28. The maximum atomic E-state index is 9.26. The Morgan fingerprint density at radius 3 is 2.59 bits per heavy atom. The predicted molar refractivity (Wildman–Crippen MR) is 65.6 cm³/mol. The Bertz CT molecular complexity index is 377. The molecule has 4 nitrogen and oxygen atoms in total. The highest BCUT2D eigenvalue weighted by Crippen LogP contribution is 2.38. The van der Waals surface area contributed by atoms with Crippen molar-refractivity contribution in [2.24, 2.45) is 0 Å². The first kappa shape index (κ1) is 12.4. The second-order valence-corrected chi connectivity index (χ2v) is 4.55. The summed E-state index contributed by atoms with van der Waals surface area (Å²) in [5, 5.41) is 9.26. The minimum absolute atomic E-state index is 0.0774. The minimum Gasteiger partial charge on any atom is -0.398 e. The molecule has 0 radical (unpaired) electrons. The number of nitrogen functional groups attached to an aromatic ring is 1. The third-order valence-electron chi connectivity index (χ3n) is 3.35. The van der Waals surface area contributed by atoms with Gasteiger partial charge in [0.15, 0.2) is 6.29 Å². The molecule has 1 atom stereocenters. The van der Waals surface area contributed by atoms with Gasteiger partial charge in [-0.1, -0.05) is 25.1 Å². The first-order chi connectivity index (χ1) is 8.18. The Morgan fingerprint density at radius 1 is 1.35 bits per heavy atom. The summed E-state index contributed by atoms with van der Waals surface area (Å²) in [5.41, 5.74) is 7.29. The third-order valence-corrected chi connectivity index (χ3v) is 3.35. The van der Waals surface area contributed by atoms with E-state index in [2.05, 4.69) is 0 Å². The number of nitrogens with two attached hydrogens (primary N) is 1. The lowest BCUT2D eigenvalue weighted by Gasteiger charge is -2.34. The summed E-state index contributed by atoms with van der Waals surface area (Å²) in [6, 6.07) is 7.67. The maximum absolute atomic E-state index is 9.26. The van der Waals surface area contributed by atoms with Gasteiger partial charge in [0.05, 0.1) is 13.2 Å². The van der Waals surface area contributed by atoms with E-state index in [0.29, 0.717) is 25.3 Å². The number of rotatable bonds is 4. The molecule has 17 heavy (non-hydrogen) atoms. The van der Waals surface area contributed by atoms with Crippen LogP contribution in [0.25, 0.3) is 0 Å². The van der Waals surface area contributed by atoms with E-state index in [-0.39, 0.29) is 12.9 Å². The molecular weight excluding hydrogens is 218 g/mol. The molecule has 0 bridgehead atoms. The van der Waals surface area contributed by atoms with Crippen molar-refractivity contribution in [1.29, 1.82) is 0 Å². The minimum atomic E-state index is -0.406. The zero-order chi connectivity index (χ0) is 12.3. The van der Waals surface area contributed by atoms with Crippen LogP contribution in [-0.2, 0) is 14.9 Å². The van der Waals surface area contributed by atoms with Gasteiger partial charge in [-0.3, -0.25) is 0 Å². The zero-order valence-electron chi connectivity index (χ0n) is 10.1. The standard InChI is InChI=1S/C13H19NO3/c1-13(6-7-15,12-16-8-9-17-12)10-4-2-3-5-11(10)14/h2-5,12,15H,6-9,14H2,1H3. The summed E-state index contributed by atoms with van der Waals surface area (Å²) in [4.78, 5) is 0. The first-order valence-corrected chi connectivity index (χ1v) is 5.87. The van der Waals surface area contributed by atoms with Crippen LogP contribution in [0.2, 0.25) is 0 Å². The molecule has 1 aliphatic rings. The van der Waals surface area contributed by atoms with Gasteiger partial charge in [-0.05, 0) is 18.1 Å². The first-order valence-electron chi connectivity index (χ1n) is 5.87. The quantitative estimate of drug-likeness (QED) is 0.774. The fourth-order valence-corrected chi connectivity index (χ4v) is 2.36. The fourth-order valence-electron chi connectivity index (χ4n) is 2.36. The molecule has 1 saturated heterocycles. The van der Waals surface area contributed by atoms with Crippen molar-refractivity contribution in [3.05, 3.63) is 29.8 Å². The van der Waals surface area contributed by atoms with Gasteiger partial charge in [0.25, 0.3) is 0 Å². The Labute approximate surface area is 101 Å².